The quantitative estimate of drug-likeness (QED) is 0.846. The molecule has 0 aliphatic heterocycles. The summed E-state index contributed by atoms with van der Waals surface area (Å²) in [5.74, 6) is 0.0214. The molecule has 1 N–H and O–H groups in total. The van der Waals surface area contributed by atoms with Crippen LogP contribution in [0.2, 0.25) is 0 Å². The SMILES string of the molecule is CCC(CC)NC(=O)C(C)Oc1ccc(F)cc1. The van der Waals surface area contributed by atoms with E-state index in [1.165, 1.54) is 24.3 Å². The number of carbonyl (C=O) groups excluding carboxylic acids is 1. The third-order valence-corrected chi connectivity index (χ3v) is 2.83. The summed E-state index contributed by atoms with van der Waals surface area (Å²) in [4.78, 5) is 11.8. The molecule has 1 unspecified atom stereocenters. The lowest BCUT2D eigenvalue weighted by atomic mass is 10.1. The molecular weight excluding hydrogens is 233 g/mol. The Morgan fingerprint density at radius 2 is 1.83 bits per heavy atom. The van der Waals surface area contributed by atoms with Crippen molar-refractivity contribution in [3.63, 3.8) is 0 Å². The number of hydrogen-bond donors (Lipinski definition) is 1. The van der Waals surface area contributed by atoms with Gasteiger partial charge in [0.1, 0.15) is 11.6 Å². The predicted octanol–water partition coefficient (Wildman–Crippen LogP) is 2.90. The largest absolute Gasteiger partial charge is 0.481 e. The molecule has 1 atom stereocenters. The van der Waals surface area contributed by atoms with E-state index in [-0.39, 0.29) is 17.8 Å². The second-order valence-corrected chi connectivity index (χ2v) is 4.24. The van der Waals surface area contributed by atoms with Crippen LogP contribution in [0.4, 0.5) is 4.39 Å². The molecule has 0 bridgehead atoms. The van der Waals surface area contributed by atoms with E-state index in [0.29, 0.717) is 5.75 Å². The van der Waals surface area contributed by atoms with Crippen molar-refractivity contribution in [2.75, 3.05) is 0 Å². The zero-order valence-electron chi connectivity index (χ0n) is 11.1. The van der Waals surface area contributed by atoms with Gasteiger partial charge in [-0.15, -0.1) is 0 Å². The Kier molecular flexibility index (Phi) is 5.62. The molecule has 4 heteroatoms. The Morgan fingerprint density at radius 1 is 1.28 bits per heavy atom. The fourth-order valence-corrected chi connectivity index (χ4v) is 1.58. The summed E-state index contributed by atoms with van der Waals surface area (Å²) in [7, 11) is 0. The molecule has 0 saturated carbocycles. The van der Waals surface area contributed by atoms with Crippen LogP contribution in [0.15, 0.2) is 24.3 Å². The van der Waals surface area contributed by atoms with Crippen LogP contribution in [-0.4, -0.2) is 18.1 Å². The molecule has 1 rings (SSSR count). The van der Waals surface area contributed by atoms with Gasteiger partial charge in [-0.25, -0.2) is 4.39 Å². The summed E-state index contributed by atoms with van der Waals surface area (Å²) in [6.45, 7) is 5.74. The van der Waals surface area contributed by atoms with Crippen molar-refractivity contribution in [3.8, 4) is 5.75 Å². The van der Waals surface area contributed by atoms with Gasteiger partial charge in [-0.2, -0.15) is 0 Å². The molecule has 0 heterocycles. The first-order chi connectivity index (χ1) is 8.56. The van der Waals surface area contributed by atoms with Crippen molar-refractivity contribution < 1.29 is 13.9 Å². The maximum absolute atomic E-state index is 12.7. The van der Waals surface area contributed by atoms with Crippen LogP contribution in [0.3, 0.4) is 0 Å². The van der Waals surface area contributed by atoms with Crippen molar-refractivity contribution in [1.29, 1.82) is 0 Å². The highest BCUT2D eigenvalue weighted by Crippen LogP contribution is 2.13. The zero-order valence-corrected chi connectivity index (χ0v) is 11.1. The molecule has 0 fully saturated rings. The van der Waals surface area contributed by atoms with Crippen LogP contribution in [-0.2, 0) is 4.79 Å². The fraction of sp³-hybridized carbons (Fsp3) is 0.500. The molecule has 100 valence electrons. The molecule has 1 aromatic carbocycles. The minimum Gasteiger partial charge on any atom is -0.481 e. The average Bonchev–Trinajstić information content (AvgIpc) is 2.38. The van der Waals surface area contributed by atoms with Gasteiger partial charge in [0.2, 0.25) is 0 Å². The van der Waals surface area contributed by atoms with E-state index in [1.54, 1.807) is 6.92 Å². The minimum atomic E-state index is -0.587. The normalized spacial score (nSPS) is 12.3. The predicted molar refractivity (Wildman–Crippen MR) is 69.0 cm³/mol. The highest BCUT2D eigenvalue weighted by atomic mass is 19.1. The van der Waals surface area contributed by atoms with Gasteiger partial charge in [0.15, 0.2) is 6.10 Å². The van der Waals surface area contributed by atoms with Gasteiger partial charge in [-0.05, 0) is 44.0 Å². The third kappa shape index (κ3) is 4.35. The molecule has 0 saturated heterocycles. The van der Waals surface area contributed by atoms with Crippen molar-refractivity contribution in [1.82, 2.24) is 5.32 Å². The Balaban J connectivity index is 2.51. The first kappa shape index (κ1) is 14.5. The van der Waals surface area contributed by atoms with Crippen LogP contribution in [0.25, 0.3) is 0 Å². The lowest BCUT2D eigenvalue weighted by Gasteiger charge is -2.19. The first-order valence-corrected chi connectivity index (χ1v) is 6.29. The summed E-state index contributed by atoms with van der Waals surface area (Å²) < 4.78 is 18.2. The van der Waals surface area contributed by atoms with Crippen LogP contribution in [0.5, 0.6) is 5.75 Å². The van der Waals surface area contributed by atoms with Crippen LogP contribution in [0.1, 0.15) is 33.6 Å². The van der Waals surface area contributed by atoms with Gasteiger partial charge in [0.25, 0.3) is 5.91 Å². The summed E-state index contributed by atoms with van der Waals surface area (Å²) in [6.07, 6.45) is 1.20. The van der Waals surface area contributed by atoms with E-state index in [4.69, 9.17) is 4.74 Å². The van der Waals surface area contributed by atoms with Crippen molar-refractivity contribution >= 4 is 5.91 Å². The maximum atomic E-state index is 12.7. The summed E-state index contributed by atoms with van der Waals surface area (Å²) in [5, 5.41) is 2.91. The van der Waals surface area contributed by atoms with Gasteiger partial charge in [-0.3, -0.25) is 4.79 Å². The molecule has 3 nitrogen and oxygen atoms in total. The minimum absolute atomic E-state index is 0.145. The number of benzene rings is 1. The molecular formula is C14H20FNO2. The average molecular weight is 253 g/mol. The van der Waals surface area contributed by atoms with Gasteiger partial charge in [-0.1, -0.05) is 13.8 Å². The van der Waals surface area contributed by atoms with Gasteiger partial charge < -0.3 is 10.1 Å². The number of halogens is 1. The molecule has 1 amide bonds. The number of amides is 1. The molecule has 0 aliphatic rings. The fourth-order valence-electron chi connectivity index (χ4n) is 1.58. The van der Waals surface area contributed by atoms with Crippen LogP contribution >= 0.6 is 0 Å². The van der Waals surface area contributed by atoms with E-state index in [9.17, 15) is 9.18 Å². The van der Waals surface area contributed by atoms with E-state index in [2.05, 4.69) is 5.32 Å². The number of ether oxygens (including phenoxy) is 1. The Morgan fingerprint density at radius 3 is 2.33 bits per heavy atom. The molecule has 0 radical (unpaired) electrons. The molecule has 0 aliphatic carbocycles. The molecule has 1 aromatic rings. The van der Waals surface area contributed by atoms with Crippen molar-refractivity contribution in [2.45, 2.75) is 45.8 Å². The Labute approximate surface area is 107 Å². The Hall–Kier alpha value is -1.58. The molecule has 0 aromatic heterocycles. The third-order valence-electron chi connectivity index (χ3n) is 2.83. The standard InChI is InChI=1S/C14H20FNO2/c1-4-12(5-2)16-14(17)10(3)18-13-8-6-11(15)7-9-13/h6-10,12H,4-5H2,1-3H3,(H,16,17). The highest BCUT2D eigenvalue weighted by molar-refractivity contribution is 5.80. The topological polar surface area (TPSA) is 38.3 Å². The number of nitrogens with one attached hydrogen (secondary N) is 1. The second-order valence-electron chi connectivity index (χ2n) is 4.24. The van der Waals surface area contributed by atoms with Crippen molar-refractivity contribution in [2.24, 2.45) is 0 Å². The first-order valence-electron chi connectivity index (χ1n) is 6.29. The number of rotatable bonds is 6. The summed E-state index contributed by atoms with van der Waals surface area (Å²) in [6, 6.07) is 5.81. The zero-order chi connectivity index (χ0) is 13.5. The van der Waals surface area contributed by atoms with Crippen LogP contribution in [0, 0.1) is 5.82 Å². The second kappa shape index (κ2) is 6.99. The summed E-state index contributed by atoms with van der Waals surface area (Å²) >= 11 is 0. The van der Waals surface area contributed by atoms with Crippen LogP contribution < -0.4 is 10.1 Å². The van der Waals surface area contributed by atoms with E-state index in [1.807, 2.05) is 13.8 Å². The van der Waals surface area contributed by atoms with E-state index in [0.717, 1.165) is 12.8 Å². The summed E-state index contributed by atoms with van der Waals surface area (Å²) in [5.41, 5.74) is 0. The van der Waals surface area contributed by atoms with Gasteiger partial charge >= 0.3 is 0 Å². The van der Waals surface area contributed by atoms with Gasteiger partial charge in [0, 0.05) is 6.04 Å². The van der Waals surface area contributed by atoms with Crippen molar-refractivity contribution in [3.05, 3.63) is 30.1 Å². The number of hydrogen-bond acceptors (Lipinski definition) is 2. The Bertz CT molecular complexity index is 374. The smallest absolute Gasteiger partial charge is 0.260 e. The molecule has 18 heavy (non-hydrogen) atoms. The van der Waals surface area contributed by atoms with E-state index >= 15 is 0 Å². The number of carbonyl (C=O) groups is 1. The monoisotopic (exact) mass is 253 g/mol. The lowest BCUT2D eigenvalue weighted by Crippen LogP contribution is -2.42. The van der Waals surface area contributed by atoms with Gasteiger partial charge in [0.05, 0.1) is 0 Å². The maximum Gasteiger partial charge on any atom is 0.260 e. The lowest BCUT2D eigenvalue weighted by molar-refractivity contribution is -0.128. The highest BCUT2D eigenvalue weighted by Gasteiger charge is 2.17. The molecule has 0 spiro atoms. The van der Waals surface area contributed by atoms with E-state index < -0.39 is 6.10 Å².